The minimum Gasteiger partial charge on any atom is -0.494 e. The van der Waals surface area contributed by atoms with Crippen molar-refractivity contribution in [2.75, 3.05) is 7.11 Å². The lowest BCUT2D eigenvalue weighted by atomic mass is 10.0. The van der Waals surface area contributed by atoms with Gasteiger partial charge in [-0.3, -0.25) is 9.48 Å². The highest BCUT2D eigenvalue weighted by molar-refractivity contribution is 5.94. The fraction of sp³-hybridized carbons (Fsp3) is 0.400. The topological polar surface area (TPSA) is 69.0 Å². The van der Waals surface area contributed by atoms with E-state index in [2.05, 4.69) is 15.6 Å². The summed E-state index contributed by atoms with van der Waals surface area (Å²) >= 11 is 0. The summed E-state index contributed by atoms with van der Waals surface area (Å²) in [6, 6.07) is 4.00. The molecular formula is C15H19FN4O2. The molecule has 0 unspecified atom stereocenters. The first-order chi connectivity index (χ1) is 10.5. The molecule has 0 fully saturated rings. The number of amides is 1. The predicted molar refractivity (Wildman–Crippen MR) is 79.1 cm³/mol. The van der Waals surface area contributed by atoms with Gasteiger partial charge in [-0.15, -0.1) is 5.10 Å². The SMILES string of the molecule is COc1ccc(C(=O)N[C@H](Cn2ccnn2)C(C)C)cc1F. The molecule has 6 nitrogen and oxygen atoms in total. The van der Waals surface area contributed by atoms with Gasteiger partial charge >= 0.3 is 0 Å². The van der Waals surface area contributed by atoms with E-state index in [4.69, 9.17) is 4.74 Å². The van der Waals surface area contributed by atoms with Gasteiger partial charge in [0.2, 0.25) is 0 Å². The van der Waals surface area contributed by atoms with Gasteiger partial charge in [-0.2, -0.15) is 0 Å². The molecule has 0 aliphatic carbocycles. The van der Waals surface area contributed by atoms with Gasteiger partial charge in [0.15, 0.2) is 11.6 Å². The van der Waals surface area contributed by atoms with Gasteiger partial charge in [-0.1, -0.05) is 19.1 Å². The second-order valence-corrected chi connectivity index (χ2v) is 5.30. The van der Waals surface area contributed by atoms with Crippen molar-refractivity contribution in [3.05, 3.63) is 42.0 Å². The van der Waals surface area contributed by atoms with Crippen LogP contribution in [0.4, 0.5) is 4.39 Å². The van der Waals surface area contributed by atoms with Crippen LogP contribution in [-0.2, 0) is 6.54 Å². The van der Waals surface area contributed by atoms with E-state index in [1.165, 1.54) is 25.3 Å². The van der Waals surface area contributed by atoms with Crippen LogP contribution < -0.4 is 10.1 Å². The smallest absolute Gasteiger partial charge is 0.251 e. The number of methoxy groups -OCH3 is 1. The summed E-state index contributed by atoms with van der Waals surface area (Å²) in [5.41, 5.74) is 0.252. The van der Waals surface area contributed by atoms with E-state index < -0.39 is 5.82 Å². The molecule has 0 spiro atoms. The average Bonchev–Trinajstić information content (AvgIpc) is 2.99. The number of halogens is 1. The summed E-state index contributed by atoms with van der Waals surface area (Å²) in [4.78, 5) is 12.3. The maximum absolute atomic E-state index is 13.7. The first-order valence-electron chi connectivity index (χ1n) is 6.99. The van der Waals surface area contributed by atoms with Gasteiger partial charge < -0.3 is 10.1 Å². The Morgan fingerprint density at radius 3 is 2.77 bits per heavy atom. The van der Waals surface area contributed by atoms with Gasteiger partial charge in [0, 0.05) is 11.8 Å². The van der Waals surface area contributed by atoms with Crippen molar-refractivity contribution < 1.29 is 13.9 Å². The summed E-state index contributed by atoms with van der Waals surface area (Å²) in [5, 5.41) is 10.5. The highest BCUT2D eigenvalue weighted by Gasteiger charge is 2.19. The molecule has 2 aromatic rings. The summed E-state index contributed by atoms with van der Waals surface area (Å²) < 4.78 is 20.2. The van der Waals surface area contributed by atoms with Gasteiger partial charge in [-0.05, 0) is 24.1 Å². The summed E-state index contributed by atoms with van der Waals surface area (Å²) in [7, 11) is 1.38. The lowest BCUT2D eigenvalue weighted by Crippen LogP contribution is -2.41. The first kappa shape index (κ1) is 15.9. The molecule has 1 amide bonds. The number of nitrogens with zero attached hydrogens (tertiary/aromatic N) is 3. The molecule has 118 valence electrons. The van der Waals surface area contributed by atoms with Crippen LogP contribution in [0.5, 0.6) is 5.75 Å². The largest absolute Gasteiger partial charge is 0.494 e. The Balaban J connectivity index is 2.09. The highest BCUT2D eigenvalue weighted by atomic mass is 19.1. The number of carbonyl (C=O) groups is 1. The van der Waals surface area contributed by atoms with Gasteiger partial charge in [0.25, 0.3) is 5.91 Å². The fourth-order valence-electron chi connectivity index (χ4n) is 2.01. The maximum Gasteiger partial charge on any atom is 0.251 e. The van der Waals surface area contributed by atoms with E-state index in [1.54, 1.807) is 17.1 Å². The van der Waals surface area contributed by atoms with Crippen LogP contribution in [0.3, 0.4) is 0 Å². The zero-order chi connectivity index (χ0) is 16.1. The van der Waals surface area contributed by atoms with Gasteiger partial charge in [-0.25, -0.2) is 4.39 Å². The Bertz CT molecular complexity index is 628. The third-order valence-corrected chi connectivity index (χ3v) is 3.39. The number of hydrogen-bond acceptors (Lipinski definition) is 4. The minimum atomic E-state index is -0.562. The van der Waals surface area contributed by atoms with Crippen LogP contribution in [-0.4, -0.2) is 34.1 Å². The van der Waals surface area contributed by atoms with Crippen molar-refractivity contribution >= 4 is 5.91 Å². The van der Waals surface area contributed by atoms with Crippen molar-refractivity contribution in [2.24, 2.45) is 5.92 Å². The monoisotopic (exact) mass is 306 g/mol. The number of aromatic nitrogens is 3. The number of carbonyl (C=O) groups excluding carboxylic acids is 1. The van der Waals surface area contributed by atoms with E-state index in [-0.39, 0.29) is 29.2 Å². The molecule has 0 saturated carbocycles. The summed E-state index contributed by atoms with van der Waals surface area (Å²) in [6.07, 6.45) is 3.31. The van der Waals surface area contributed by atoms with Crippen molar-refractivity contribution in [1.29, 1.82) is 0 Å². The first-order valence-corrected chi connectivity index (χ1v) is 6.99. The minimum absolute atomic E-state index is 0.111. The Labute approximate surface area is 128 Å². The number of nitrogens with one attached hydrogen (secondary N) is 1. The van der Waals surface area contributed by atoms with Crippen LogP contribution in [0.25, 0.3) is 0 Å². The van der Waals surface area contributed by atoms with E-state index in [0.29, 0.717) is 6.54 Å². The molecule has 0 radical (unpaired) electrons. The number of rotatable bonds is 6. The number of ether oxygens (including phenoxy) is 1. The van der Waals surface area contributed by atoms with Crippen molar-refractivity contribution in [3.8, 4) is 5.75 Å². The zero-order valence-corrected chi connectivity index (χ0v) is 12.8. The van der Waals surface area contributed by atoms with Gasteiger partial charge in [0.1, 0.15) is 0 Å². The molecule has 1 heterocycles. The zero-order valence-electron chi connectivity index (χ0n) is 12.8. The van der Waals surface area contributed by atoms with E-state index in [0.717, 1.165) is 0 Å². The van der Waals surface area contributed by atoms with Crippen LogP contribution in [0, 0.1) is 11.7 Å². The van der Waals surface area contributed by atoms with Crippen molar-refractivity contribution in [3.63, 3.8) is 0 Å². The molecule has 0 aliphatic rings. The lowest BCUT2D eigenvalue weighted by molar-refractivity contribution is 0.0918. The summed E-state index contributed by atoms with van der Waals surface area (Å²) in [6.45, 7) is 4.50. The lowest BCUT2D eigenvalue weighted by Gasteiger charge is -2.22. The Morgan fingerprint density at radius 1 is 1.45 bits per heavy atom. The molecule has 1 aromatic carbocycles. The number of hydrogen-bond donors (Lipinski definition) is 1. The summed E-state index contributed by atoms with van der Waals surface area (Å²) in [5.74, 6) is -0.594. The van der Waals surface area contributed by atoms with E-state index in [1.807, 2.05) is 13.8 Å². The Morgan fingerprint density at radius 2 is 2.23 bits per heavy atom. The van der Waals surface area contributed by atoms with E-state index in [9.17, 15) is 9.18 Å². The third kappa shape index (κ3) is 3.81. The second kappa shape index (κ2) is 7.02. The van der Waals surface area contributed by atoms with Crippen LogP contribution in [0.1, 0.15) is 24.2 Å². The van der Waals surface area contributed by atoms with E-state index >= 15 is 0 Å². The van der Waals surface area contributed by atoms with Crippen molar-refractivity contribution in [2.45, 2.75) is 26.4 Å². The fourth-order valence-corrected chi connectivity index (χ4v) is 2.01. The van der Waals surface area contributed by atoms with Crippen LogP contribution in [0.15, 0.2) is 30.6 Å². The quantitative estimate of drug-likeness (QED) is 0.884. The van der Waals surface area contributed by atoms with Gasteiger partial charge in [0.05, 0.1) is 25.9 Å². The Hall–Kier alpha value is -2.44. The average molecular weight is 306 g/mol. The molecule has 1 N–H and O–H groups in total. The molecule has 0 aliphatic heterocycles. The number of benzene rings is 1. The molecular weight excluding hydrogens is 287 g/mol. The van der Waals surface area contributed by atoms with Crippen LogP contribution >= 0.6 is 0 Å². The maximum atomic E-state index is 13.7. The molecule has 0 saturated heterocycles. The third-order valence-electron chi connectivity index (χ3n) is 3.39. The normalized spacial score (nSPS) is 12.2. The highest BCUT2D eigenvalue weighted by Crippen LogP contribution is 2.18. The second-order valence-electron chi connectivity index (χ2n) is 5.30. The van der Waals surface area contributed by atoms with Crippen LogP contribution in [0.2, 0.25) is 0 Å². The molecule has 22 heavy (non-hydrogen) atoms. The molecule has 1 atom stereocenters. The molecule has 2 rings (SSSR count). The Kier molecular flexibility index (Phi) is 5.08. The molecule has 0 bridgehead atoms. The predicted octanol–water partition coefficient (Wildman–Crippen LogP) is 1.88. The van der Waals surface area contributed by atoms with Crippen molar-refractivity contribution in [1.82, 2.24) is 20.3 Å². The standard InChI is InChI=1S/C15H19FN4O2/c1-10(2)13(9-20-7-6-17-19-20)18-15(21)11-4-5-14(22-3)12(16)8-11/h4-8,10,13H,9H2,1-3H3,(H,18,21)/t13-/m1/s1. The molecule has 7 heteroatoms. The molecule has 1 aromatic heterocycles.